The fourth-order valence-corrected chi connectivity index (χ4v) is 2.55. The highest BCUT2D eigenvalue weighted by molar-refractivity contribution is 5.04. The Bertz CT molecular complexity index is 392. The molecule has 0 aromatic carbocycles. The van der Waals surface area contributed by atoms with Crippen molar-refractivity contribution in [3.05, 3.63) is 17.5 Å². The first-order chi connectivity index (χ1) is 9.65. The van der Waals surface area contributed by atoms with E-state index in [4.69, 9.17) is 9.26 Å². The molecule has 1 aromatic rings. The van der Waals surface area contributed by atoms with Gasteiger partial charge in [0.05, 0.1) is 5.69 Å². The first kappa shape index (κ1) is 15.5. The highest BCUT2D eigenvalue weighted by atomic mass is 16.5. The fraction of sp³-hybridized carbons (Fsp3) is 0.800. The van der Waals surface area contributed by atoms with E-state index in [2.05, 4.69) is 36.3 Å². The van der Waals surface area contributed by atoms with Crippen LogP contribution in [0.15, 0.2) is 10.6 Å². The van der Waals surface area contributed by atoms with Crippen LogP contribution in [0.25, 0.3) is 0 Å². The second kappa shape index (κ2) is 7.76. The van der Waals surface area contributed by atoms with Crippen LogP contribution in [0, 0.1) is 0 Å². The first-order valence-electron chi connectivity index (χ1n) is 7.61. The van der Waals surface area contributed by atoms with Gasteiger partial charge in [0.1, 0.15) is 6.61 Å². The predicted octanol–water partition coefficient (Wildman–Crippen LogP) is 2.17. The van der Waals surface area contributed by atoms with Gasteiger partial charge in [0.25, 0.3) is 0 Å². The molecule has 0 amide bonds. The van der Waals surface area contributed by atoms with E-state index in [1.807, 2.05) is 6.07 Å². The molecule has 0 spiro atoms. The van der Waals surface area contributed by atoms with E-state index in [9.17, 15) is 0 Å². The molecule has 5 nitrogen and oxygen atoms in total. The van der Waals surface area contributed by atoms with Gasteiger partial charge in [0.15, 0.2) is 5.76 Å². The minimum absolute atomic E-state index is 0.454. The summed E-state index contributed by atoms with van der Waals surface area (Å²) in [6.45, 7) is 7.50. The van der Waals surface area contributed by atoms with Gasteiger partial charge < -0.3 is 19.5 Å². The Labute approximate surface area is 121 Å². The van der Waals surface area contributed by atoms with Crippen LogP contribution in [-0.2, 0) is 17.9 Å². The number of hydrogen-bond donors (Lipinski definition) is 1. The van der Waals surface area contributed by atoms with Crippen molar-refractivity contribution in [2.45, 2.75) is 58.3 Å². The molecular weight excluding hydrogens is 254 g/mol. The number of rotatable bonds is 8. The van der Waals surface area contributed by atoms with Crippen LogP contribution in [0.1, 0.15) is 44.6 Å². The summed E-state index contributed by atoms with van der Waals surface area (Å²) in [5.74, 6) is 0.810. The molecule has 114 valence electrons. The molecule has 0 saturated carbocycles. The second-order valence-corrected chi connectivity index (χ2v) is 5.94. The maximum Gasteiger partial charge on any atom is 0.162 e. The lowest BCUT2D eigenvalue weighted by atomic mass is 10.1. The van der Waals surface area contributed by atoms with Gasteiger partial charge in [0.2, 0.25) is 0 Å². The summed E-state index contributed by atoms with van der Waals surface area (Å²) in [5.41, 5.74) is 0.938. The Balaban J connectivity index is 1.61. The molecule has 1 fully saturated rings. The average Bonchev–Trinajstić information content (AvgIpc) is 3.02. The number of aromatic nitrogens is 1. The van der Waals surface area contributed by atoms with Crippen LogP contribution in [-0.4, -0.2) is 42.3 Å². The SMILES string of the molecule is CC(C)NCc1cc(COCCC2CCCN2C)on1. The molecule has 1 N–H and O–H groups in total. The van der Waals surface area contributed by atoms with Crippen molar-refractivity contribution in [3.63, 3.8) is 0 Å². The van der Waals surface area contributed by atoms with Crippen molar-refractivity contribution in [1.82, 2.24) is 15.4 Å². The molecule has 1 aliphatic heterocycles. The standard InChI is InChI=1S/C15H27N3O2/c1-12(2)16-10-13-9-15(20-17-13)11-19-8-6-14-5-4-7-18(14)3/h9,12,14,16H,4-8,10-11H2,1-3H3. The van der Waals surface area contributed by atoms with Gasteiger partial charge in [-0.25, -0.2) is 0 Å². The molecule has 1 atom stereocenters. The Hall–Kier alpha value is -0.910. The zero-order chi connectivity index (χ0) is 14.4. The van der Waals surface area contributed by atoms with Gasteiger partial charge in [0, 0.05) is 31.3 Å². The van der Waals surface area contributed by atoms with E-state index >= 15 is 0 Å². The van der Waals surface area contributed by atoms with E-state index in [-0.39, 0.29) is 0 Å². The van der Waals surface area contributed by atoms with Gasteiger partial charge in [-0.05, 0) is 32.9 Å². The number of hydrogen-bond acceptors (Lipinski definition) is 5. The van der Waals surface area contributed by atoms with Crippen LogP contribution in [0.4, 0.5) is 0 Å². The van der Waals surface area contributed by atoms with Crippen molar-refractivity contribution in [2.24, 2.45) is 0 Å². The average molecular weight is 281 g/mol. The van der Waals surface area contributed by atoms with Crippen LogP contribution >= 0.6 is 0 Å². The van der Waals surface area contributed by atoms with Gasteiger partial charge >= 0.3 is 0 Å². The molecule has 2 rings (SSSR count). The largest absolute Gasteiger partial charge is 0.373 e. The summed E-state index contributed by atoms with van der Waals surface area (Å²) in [7, 11) is 2.20. The summed E-state index contributed by atoms with van der Waals surface area (Å²) >= 11 is 0. The van der Waals surface area contributed by atoms with Gasteiger partial charge in [-0.15, -0.1) is 0 Å². The zero-order valence-electron chi connectivity index (χ0n) is 12.9. The minimum Gasteiger partial charge on any atom is -0.373 e. The molecule has 1 aromatic heterocycles. The molecule has 0 radical (unpaired) electrons. The van der Waals surface area contributed by atoms with Crippen LogP contribution in [0.2, 0.25) is 0 Å². The van der Waals surface area contributed by atoms with Gasteiger partial charge in [-0.3, -0.25) is 0 Å². The van der Waals surface area contributed by atoms with E-state index < -0.39 is 0 Å². The Morgan fingerprint density at radius 1 is 1.55 bits per heavy atom. The predicted molar refractivity (Wildman–Crippen MR) is 78.4 cm³/mol. The van der Waals surface area contributed by atoms with Crippen molar-refractivity contribution in [3.8, 4) is 0 Å². The van der Waals surface area contributed by atoms with Gasteiger partial charge in [-0.2, -0.15) is 0 Å². The topological polar surface area (TPSA) is 50.5 Å². The lowest BCUT2D eigenvalue weighted by Gasteiger charge is -2.18. The number of nitrogens with one attached hydrogen (secondary N) is 1. The number of likely N-dealkylation sites (tertiary alicyclic amines) is 1. The summed E-state index contributed by atoms with van der Waals surface area (Å²) in [4.78, 5) is 2.42. The molecule has 0 aliphatic carbocycles. The van der Waals surface area contributed by atoms with Crippen LogP contribution in [0.5, 0.6) is 0 Å². The molecule has 2 heterocycles. The van der Waals surface area contributed by atoms with E-state index in [0.29, 0.717) is 18.7 Å². The third-order valence-corrected chi connectivity index (χ3v) is 3.81. The second-order valence-electron chi connectivity index (χ2n) is 5.94. The molecular formula is C15H27N3O2. The Morgan fingerprint density at radius 2 is 2.40 bits per heavy atom. The molecule has 1 unspecified atom stereocenters. The highest BCUT2D eigenvalue weighted by Gasteiger charge is 2.20. The normalized spacial score (nSPS) is 20.1. The van der Waals surface area contributed by atoms with Crippen molar-refractivity contribution < 1.29 is 9.26 Å². The zero-order valence-corrected chi connectivity index (χ0v) is 12.9. The van der Waals surface area contributed by atoms with E-state index in [1.54, 1.807) is 0 Å². The summed E-state index contributed by atoms with van der Waals surface area (Å²) in [6.07, 6.45) is 3.72. The summed E-state index contributed by atoms with van der Waals surface area (Å²) in [5, 5.41) is 7.35. The van der Waals surface area contributed by atoms with Crippen molar-refractivity contribution in [2.75, 3.05) is 20.2 Å². The lowest BCUT2D eigenvalue weighted by Crippen LogP contribution is -2.26. The Morgan fingerprint density at radius 3 is 3.10 bits per heavy atom. The van der Waals surface area contributed by atoms with E-state index in [0.717, 1.165) is 31.0 Å². The summed E-state index contributed by atoms with van der Waals surface area (Å²) < 4.78 is 11.0. The summed E-state index contributed by atoms with van der Waals surface area (Å²) in [6, 6.07) is 3.11. The lowest BCUT2D eigenvalue weighted by molar-refractivity contribution is 0.0854. The Kier molecular flexibility index (Phi) is 6.01. The molecule has 1 aliphatic rings. The molecule has 20 heavy (non-hydrogen) atoms. The smallest absolute Gasteiger partial charge is 0.162 e. The first-order valence-corrected chi connectivity index (χ1v) is 7.61. The highest BCUT2D eigenvalue weighted by Crippen LogP contribution is 2.17. The quantitative estimate of drug-likeness (QED) is 0.740. The van der Waals surface area contributed by atoms with Crippen LogP contribution in [0.3, 0.4) is 0 Å². The fourth-order valence-electron chi connectivity index (χ4n) is 2.55. The monoisotopic (exact) mass is 281 g/mol. The third kappa shape index (κ3) is 4.89. The molecule has 5 heteroatoms. The number of ether oxygens (including phenoxy) is 1. The maximum atomic E-state index is 5.69. The molecule has 0 bridgehead atoms. The minimum atomic E-state index is 0.454. The van der Waals surface area contributed by atoms with Gasteiger partial charge in [-0.1, -0.05) is 19.0 Å². The van der Waals surface area contributed by atoms with Crippen molar-refractivity contribution >= 4 is 0 Å². The molecule has 1 saturated heterocycles. The maximum absolute atomic E-state index is 5.69. The van der Waals surface area contributed by atoms with Crippen LogP contribution < -0.4 is 5.32 Å². The van der Waals surface area contributed by atoms with Crippen molar-refractivity contribution in [1.29, 1.82) is 0 Å². The third-order valence-electron chi connectivity index (χ3n) is 3.81. The van der Waals surface area contributed by atoms with E-state index in [1.165, 1.54) is 19.4 Å². The number of nitrogens with zero attached hydrogens (tertiary/aromatic N) is 2.